The first-order valence-electron chi connectivity index (χ1n) is 9.72. The fourth-order valence-electron chi connectivity index (χ4n) is 3.48. The Morgan fingerprint density at radius 1 is 0.852 bits per heavy atom. The van der Waals surface area contributed by atoms with Crippen LogP contribution in [0.4, 0.5) is 17.6 Å². The van der Waals surface area contributed by atoms with Crippen LogP contribution in [0, 0.1) is 6.92 Å². The summed E-state index contributed by atoms with van der Waals surface area (Å²) in [6, 6.07) is 2.11. The summed E-state index contributed by atoms with van der Waals surface area (Å²) in [7, 11) is 0. The lowest BCUT2D eigenvalue weighted by molar-refractivity contribution is 0.122. The van der Waals surface area contributed by atoms with E-state index in [-0.39, 0.29) is 0 Å². The van der Waals surface area contributed by atoms with E-state index in [1.165, 1.54) is 5.56 Å². The molecule has 0 aromatic carbocycles. The van der Waals surface area contributed by atoms with Gasteiger partial charge in [0, 0.05) is 57.7 Å². The van der Waals surface area contributed by atoms with Gasteiger partial charge in [-0.2, -0.15) is 0 Å². The Hall–Kier alpha value is -2.48. The zero-order chi connectivity index (χ0) is 18.6. The van der Waals surface area contributed by atoms with Gasteiger partial charge in [-0.15, -0.1) is 0 Å². The molecule has 8 heteroatoms. The van der Waals surface area contributed by atoms with Gasteiger partial charge in [-0.1, -0.05) is 6.92 Å². The van der Waals surface area contributed by atoms with Gasteiger partial charge < -0.3 is 19.4 Å². The van der Waals surface area contributed by atoms with Crippen molar-refractivity contribution >= 4 is 17.6 Å². The van der Waals surface area contributed by atoms with Crippen molar-refractivity contribution in [2.45, 2.75) is 20.3 Å². The minimum Gasteiger partial charge on any atom is -0.378 e. The van der Waals surface area contributed by atoms with E-state index >= 15 is 0 Å². The molecule has 0 atom stereocenters. The fraction of sp³-hybridized carbons (Fsp3) is 0.579. The van der Waals surface area contributed by atoms with Gasteiger partial charge in [-0.05, 0) is 18.9 Å². The van der Waals surface area contributed by atoms with E-state index in [1.807, 2.05) is 19.3 Å². The highest BCUT2D eigenvalue weighted by Gasteiger charge is 2.22. The molecule has 0 N–H and O–H groups in total. The third kappa shape index (κ3) is 4.10. The minimum absolute atomic E-state index is 0.758. The Bertz CT molecular complexity index is 753. The highest BCUT2D eigenvalue weighted by Crippen LogP contribution is 2.22. The number of piperazine rings is 1. The SMILES string of the molecule is CCc1cnc(N2CCN(c3cc(N4CCOCC4)nc(C)n3)CC2)nc1. The molecule has 144 valence electrons. The van der Waals surface area contributed by atoms with Crippen LogP contribution in [0.25, 0.3) is 0 Å². The standard InChI is InChI=1S/C19H27N7O/c1-3-16-13-20-19(21-14-16)26-6-4-24(5-7-26)17-12-18(23-15(2)22-17)25-8-10-27-11-9-25/h12-14H,3-11H2,1-2H3. The normalized spacial score (nSPS) is 18.1. The first-order chi connectivity index (χ1) is 13.2. The van der Waals surface area contributed by atoms with Crippen molar-refractivity contribution in [3.63, 3.8) is 0 Å². The van der Waals surface area contributed by atoms with Crippen LogP contribution in [0.3, 0.4) is 0 Å². The molecule has 2 fully saturated rings. The number of aryl methyl sites for hydroxylation is 2. The Morgan fingerprint density at radius 2 is 1.41 bits per heavy atom. The number of rotatable bonds is 4. The van der Waals surface area contributed by atoms with Gasteiger partial charge in [0.05, 0.1) is 13.2 Å². The second kappa shape index (κ2) is 8.04. The summed E-state index contributed by atoms with van der Waals surface area (Å²) in [4.78, 5) is 25.2. The molecule has 8 nitrogen and oxygen atoms in total. The Balaban J connectivity index is 1.43. The number of hydrogen-bond donors (Lipinski definition) is 0. The summed E-state index contributed by atoms with van der Waals surface area (Å²) in [5.74, 6) is 3.64. The van der Waals surface area contributed by atoms with E-state index in [1.54, 1.807) is 0 Å². The predicted molar refractivity (Wildman–Crippen MR) is 106 cm³/mol. The van der Waals surface area contributed by atoms with Crippen LogP contribution in [-0.2, 0) is 11.2 Å². The van der Waals surface area contributed by atoms with Crippen molar-refractivity contribution in [3.8, 4) is 0 Å². The van der Waals surface area contributed by atoms with E-state index < -0.39 is 0 Å². The van der Waals surface area contributed by atoms with Gasteiger partial charge in [-0.3, -0.25) is 0 Å². The summed E-state index contributed by atoms with van der Waals surface area (Å²) in [5, 5.41) is 0. The molecule has 2 aliphatic rings. The smallest absolute Gasteiger partial charge is 0.225 e. The molecule has 4 heterocycles. The van der Waals surface area contributed by atoms with E-state index in [0.29, 0.717) is 0 Å². The molecule has 2 saturated heterocycles. The molecule has 0 radical (unpaired) electrons. The summed E-state index contributed by atoms with van der Waals surface area (Å²) < 4.78 is 5.45. The topological polar surface area (TPSA) is 70.5 Å². The van der Waals surface area contributed by atoms with Gasteiger partial charge in [-0.25, -0.2) is 19.9 Å². The molecule has 0 amide bonds. The molecule has 0 unspecified atom stereocenters. The zero-order valence-electron chi connectivity index (χ0n) is 16.1. The molecule has 2 aromatic heterocycles. The van der Waals surface area contributed by atoms with Crippen LogP contribution < -0.4 is 14.7 Å². The van der Waals surface area contributed by atoms with Crippen molar-refractivity contribution in [1.82, 2.24) is 19.9 Å². The third-order valence-electron chi connectivity index (χ3n) is 5.13. The maximum atomic E-state index is 5.45. The quantitative estimate of drug-likeness (QED) is 0.799. The molecule has 4 rings (SSSR count). The molecule has 0 bridgehead atoms. The lowest BCUT2D eigenvalue weighted by Crippen LogP contribution is -2.47. The van der Waals surface area contributed by atoms with Gasteiger partial charge in [0.1, 0.15) is 17.5 Å². The van der Waals surface area contributed by atoms with Crippen LogP contribution in [0.2, 0.25) is 0 Å². The summed E-state index contributed by atoms with van der Waals surface area (Å²) in [6.45, 7) is 10.9. The highest BCUT2D eigenvalue weighted by molar-refractivity contribution is 5.52. The van der Waals surface area contributed by atoms with Gasteiger partial charge in [0.15, 0.2) is 0 Å². The van der Waals surface area contributed by atoms with Crippen molar-refractivity contribution in [1.29, 1.82) is 0 Å². The molecule has 27 heavy (non-hydrogen) atoms. The van der Waals surface area contributed by atoms with Crippen LogP contribution in [0.5, 0.6) is 0 Å². The van der Waals surface area contributed by atoms with Crippen LogP contribution in [0.15, 0.2) is 18.5 Å². The van der Waals surface area contributed by atoms with Gasteiger partial charge >= 0.3 is 0 Å². The first-order valence-corrected chi connectivity index (χ1v) is 9.72. The van der Waals surface area contributed by atoms with E-state index in [2.05, 4.69) is 47.6 Å². The number of hydrogen-bond acceptors (Lipinski definition) is 8. The van der Waals surface area contributed by atoms with Gasteiger partial charge in [0.2, 0.25) is 5.95 Å². The Labute approximate surface area is 160 Å². The predicted octanol–water partition coefficient (Wildman–Crippen LogP) is 1.30. The van der Waals surface area contributed by atoms with Crippen molar-refractivity contribution in [2.75, 3.05) is 67.2 Å². The summed E-state index contributed by atoms with van der Waals surface area (Å²) in [6.07, 6.45) is 4.82. The fourth-order valence-corrected chi connectivity index (χ4v) is 3.48. The molecule has 2 aliphatic heterocycles. The number of anilines is 3. The molecule has 0 aliphatic carbocycles. The summed E-state index contributed by atoms with van der Waals surface area (Å²) >= 11 is 0. The summed E-state index contributed by atoms with van der Waals surface area (Å²) in [5.41, 5.74) is 1.17. The molecule has 2 aromatic rings. The molecular formula is C19H27N7O. The van der Waals surface area contributed by atoms with Crippen molar-refractivity contribution < 1.29 is 4.74 Å². The maximum absolute atomic E-state index is 5.45. The van der Waals surface area contributed by atoms with Crippen LogP contribution in [0.1, 0.15) is 18.3 Å². The zero-order valence-corrected chi connectivity index (χ0v) is 16.1. The number of ether oxygens (including phenoxy) is 1. The largest absolute Gasteiger partial charge is 0.378 e. The average molecular weight is 369 g/mol. The minimum atomic E-state index is 0.758. The monoisotopic (exact) mass is 369 g/mol. The molecule has 0 saturated carbocycles. The highest BCUT2D eigenvalue weighted by atomic mass is 16.5. The molecule has 0 spiro atoms. The maximum Gasteiger partial charge on any atom is 0.225 e. The average Bonchev–Trinajstić information content (AvgIpc) is 2.74. The molecular weight excluding hydrogens is 342 g/mol. The Morgan fingerprint density at radius 3 is 2.00 bits per heavy atom. The van der Waals surface area contributed by atoms with Crippen LogP contribution in [-0.4, -0.2) is 72.4 Å². The lowest BCUT2D eigenvalue weighted by atomic mass is 10.3. The second-order valence-corrected chi connectivity index (χ2v) is 6.95. The number of nitrogens with zero attached hydrogens (tertiary/aromatic N) is 7. The third-order valence-corrected chi connectivity index (χ3v) is 5.13. The van der Waals surface area contributed by atoms with Crippen LogP contribution >= 0.6 is 0 Å². The Kier molecular flexibility index (Phi) is 5.33. The van der Waals surface area contributed by atoms with E-state index in [0.717, 1.165) is 82.3 Å². The second-order valence-electron chi connectivity index (χ2n) is 6.95. The lowest BCUT2D eigenvalue weighted by Gasteiger charge is -2.36. The number of aromatic nitrogens is 4. The van der Waals surface area contributed by atoms with Crippen molar-refractivity contribution in [2.24, 2.45) is 0 Å². The van der Waals surface area contributed by atoms with E-state index in [9.17, 15) is 0 Å². The first kappa shape index (κ1) is 17.9. The van der Waals surface area contributed by atoms with E-state index in [4.69, 9.17) is 4.74 Å². The number of morpholine rings is 1. The van der Waals surface area contributed by atoms with Crippen molar-refractivity contribution in [3.05, 3.63) is 29.8 Å². The van der Waals surface area contributed by atoms with Gasteiger partial charge in [0.25, 0.3) is 0 Å².